The largest absolute Gasteiger partial charge is 0.401 e. The zero-order valence-electron chi connectivity index (χ0n) is 7.07. The van der Waals surface area contributed by atoms with E-state index in [4.69, 9.17) is 0 Å². The molecule has 1 aliphatic carbocycles. The second-order valence-corrected chi connectivity index (χ2v) is 4.69. The number of halogens is 4. The Morgan fingerprint density at radius 3 is 2.46 bits per heavy atom. The number of fused-ring (bicyclic) bond motifs is 1. The Morgan fingerprint density at radius 2 is 2.00 bits per heavy atom. The number of hydrogen-bond acceptors (Lipinski definition) is 1. The van der Waals surface area contributed by atoms with Crippen LogP contribution in [0.15, 0.2) is 0 Å². The average molecular weight is 258 g/mol. The van der Waals surface area contributed by atoms with E-state index < -0.39 is 12.7 Å². The van der Waals surface area contributed by atoms with Gasteiger partial charge >= 0.3 is 6.18 Å². The van der Waals surface area contributed by atoms with Crippen LogP contribution in [0.2, 0.25) is 0 Å². The normalized spacial score (nSPS) is 39.2. The van der Waals surface area contributed by atoms with Gasteiger partial charge in [0.25, 0.3) is 0 Å². The van der Waals surface area contributed by atoms with Gasteiger partial charge in [-0.25, -0.2) is 0 Å². The van der Waals surface area contributed by atoms with Crippen molar-refractivity contribution in [2.45, 2.75) is 24.6 Å². The lowest BCUT2D eigenvalue weighted by Crippen LogP contribution is -2.50. The maximum Gasteiger partial charge on any atom is 0.401 e. The van der Waals surface area contributed by atoms with Crippen molar-refractivity contribution in [2.24, 2.45) is 5.92 Å². The molecular weight excluding hydrogens is 247 g/mol. The smallest absolute Gasteiger partial charge is 0.288 e. The molecule has 0 spiro atoms. The van der Waals surface area contributed by atoms with Crippen LogP contribution in [0, 0.1) is 5.92 Å². The zero-order chi connectivity index (χ0) is 9.69. The van der Waals surface area contributed by atoms with Crippen LogP contribution in [-0.4, -0.2) is 35.0 Å². The molecule has 0 unspecified atom stereocenters. The monoisotopic (exact) mass is 257 g/mol. The second kappa shape index (κ2) is 2.86. The van der Waals surface area contributed by atoms with Crippen LogP contribution in [0.1, 0.15) is 12.8 Å². The summed E-state index contributed by atoms with van der Waals surface area (Å²) in [5, 5.41) is 0.673. The molecule has 0 atom stereocenters. The van der Waals surface area contributed by atoms with Crippen LogP contribution in [-0.2, 0) is 0 Å². The number of nitrogens with zero attached hydrogens (tertiary/aromatic N) is 1. The van der Waals surface area contributed by atoms with Gasteiger partial charge in [0.2, 0.25) is 0 Å². The Bertz CT molecular complexity index is 210. The predicted molar refractivity (Wildman–Crippen MR) is 46.9 cm³/mol. The van der Waals surface area contributed by atoms with Gasteiger partial charge in [0.05, 0.1) is 6.54 Å². The van der Waals surface area contributed by atoms with E-state index in [1.54, 1.807) is 4.90 Å². The van der Waals surface area contributed by atoms with Gasteiger partial charge in [0.15, 0.2) is 0 Å². The topological polar surface area (TPSA) is 3.24 Å². The van der Waals surface area contributed by atoms with Gasteiger partial charge in [0, 0.05) is 17.4 Å². The first-order valence-electron chi connectivity index (χ1n) is 4.33. The third-order valence-corrected chi connectivity index (χ3v) is 4.15. The van der Waals surface area contributed by atoms with Crippen LogP contribution in [0.3, 0.4) is 0 Å². The van der Waals surface area contributed by atoms with E-state index in [0.717, 1.165) is 12.8 Å². The third-order valence-electron chi connectivity index (χ3n) is 3.11. The number of hydrogen-bond donors (Lipinski definition) is 0. The van der Waals surface area contributed by atoms with Crippen molar-refractivity contribution in [1.29, 1.82) is 0 Å². The van der Waals surface area contributed by atoms with Gasteiger partial charge < -0.3 is 0 Å². The molecule has 3 rings (SSSR count). The average Bonchev–Trinajstić information content (AvgIpc) is 2.35. The minimum absolute atomic E-state index is 0.166. The molecule has 2 bridgehead atoms. The molecule has 0 radical (unpaired) electrons. The minimum atomic E-state index is -4.05. The van der Waals surface area contributed by atoms with E-state index in [-0.39, 0.29) is 5.54 Å². The highest BCUT2D eigenvalue weighted by atomic mass is 79.9. The fourth-order valence-electron chi connectivity index (χ4n) is 2.55. The Morgan fingerprint density at radius 1 is 1.38 bits per heavy atom. The summed E-state index contributed by atoms with van der Waals surface area (Å²) in [6, 6.07) is 0. The van der Waals surface area contributed by atoms with Crippen molar-refractivity contribution >= 4 is 15.9 Å². The lowest BCUT2D eigenvalue weighted by Gasteiger charge is -2.41. The van der Waals surface area contributed by atoms with Crippen LogP contribution in [0.4, 0.5) is 13.2 Å². The molecular formula is C8H11BrF3N. The Kier molecular flexibility index (Phi) is 2.15. The van der Waals surface area contributed by atoms with Crippen LogP contribution in [0.25, 0.3) is 0 Å². The Labute approximate surface area is 83.4 Å². The van der Waals surface area contributed by atoms with Gasteiger partial charge in [0.1, 0.15) is 0 Å². The minimum Gasteiger partial charge on any atom is -0.288 e. The standard InChI is InChI=1S/C8H11BrF3N/c9-4-7-1-6(2-7)3-13(7)5-8(10,11)12/h6H,1-5H2. The highest BCUT2D eigenvalue weighted by Gasteiger charge is 2.57. The Hall–Kier alpha value is 0.230. The van der Waals surface area contributed by atoms with Gasteiger partial charge in [-0.3, -0.25) is 4.90 Å². The lowest BCUT2D eigenvalue weighted by atomic mass is 9.75. The number of rotatable bonds is 2. The third kappa shape index (κ3) is 1.61. The molecule has 0 N–H and O–H groups in total. The van der Waals surface area contributed by atoms with E-state index in [1.165, 1.54) is 0 Å². The van der Waals surface area contributed by atoms with Crippen molar-refractivity contribution in [2.75, 3.05) is 18.4 Å². The number of alkyl halides is 4. The first-order valence-corrected chi connectivity index (χ1v) is 5.45. The maximum atomic E-state index is 12.1. The van der Waals surface area contributed by atoms with Crippen LogP contribution in [0.5, 0.6) is 0 Å². The summed E-state index contributed by atoms with van der Waals surface area (Å²) in [6.07, 6.45) is -2.17. The molecule has 1 nitrogen and oxygen atoms in total. The molecule has 0 amide bonds. The quantitative estimate of drug-likeness (QED) is 0.687. The van der Waals surface area contributed by atoms with Gasteiger partial charge in [-0.2, -0.15) is 13.2 Å². The van der Waals surface area contributed by atoms with E-state index in [9.17, 15) is 13.2 Å². The molecule has 5 heteroatoms. The van der Waals surface area contributed by atoms with Crippen molar-refractivity contribution < 1.29 is 13.2 Å². The lowest BCUT2D eigenvalue weighted by molar-refractivity contribution is -0.151. The first kappa shape index (κ1) is 9.77. The summed E-state index contributed by atoms with van der Waals surface area (Å²) < 4.78 is 36.4. The van der Waals surface area contributed by atoms with E-state index in [0.29, 0.717) is 17.8 Å². The van der Waals surface area contributed by atoms with E-state index in [1.807, 2.05) is 0 Å². The van der Waals surface area contributed by atoms with E-state index in [2.05, 4.69) is 15.9 Å². The highest BCUT2D eigenvalue weighted by Crippen LogP contribution is 2.51. The maximum absolute atomic E-state index is 12.1. The predicted octanol–water partition coefficient (Wildman–Crippen LogP) is 2.41. The summed E-state index contributed by atoms with van der Waals surface area (Å²) in [5.74, 6) is 0.514. The first-order chi connectivity index (χ1) is 5.95. The summed E-state index contributed by atoms with van der Waals surface area (Å²) in [5.41, 5.74) is -0.166. The summed E-state index contributed by atoms with van der Waals surface area (Å²) in [7, 11) is 0. The molecule has 0 aromatic rings. The van der Waals surface area contributed by atoms with Crippen molar-refractivity contribution in [1.82, 2.24) is 4.90 Å². The molecule has 13 heavy (non-hydrogen) atoms. The molecule has 2 aliphatic heterocycles. The molecule has 0 aromatic heterocycles. The molecule has 2 heterocycles. The highest BCUT2D eigenvalue weighted by molar-refractivity contribution is 9.09. The van der Waals surface area contributed by atoms with Gasteiger partial charge in [-0.1, -0.05) is 15.9 Å². The molecule has 2 saturated heterocycles. The zero-order valence-corrected chi connectivity index (χ0v) is 8.66. The summed E-state index contributed by atoms with van der Waals surface area (Å²) in [4.78, 5) is 1.59. The molecule has 3 aliphatic rings. The van der Waals surface area contributed by atoms with Gasteiger partial charge in [-0.05, 0) is 18.8 Å². The van der Waals surface area contributed by atoms with Crippen LogP contribution < -0.4 is 0 Å². The summed E-state index contributed by atoms with van der Waals surface area (Å²) >= 11 is 3.31. The molecule has 0 aromatic carbocycles. The van der Waals surface area contributed by atoms with Crippen molar-refractivity contribution in [3.05, 3.63) is 0 Å². The Balaban J connectivity index is 2.01. The van der Waals surface area contributed by atoms with Gasteiger partial charge in [-0.15, -0.1) is 0 Å². The molecule has 76 valence electrons. The fraction of sp³-hybridized carbons (Fsp3) is 1.00. The fourth-order valence-corrected chi connectivity index (χ4v) is 3.36. The second-order valence-electron chi connectivity index (χ2n) is 4.13. The SMILES string of the molecule is FC(F)(F)CN1CC2CC1(CBr)C2. The van der Waals surface area contributed by atoms with Crippen molar-refractivity contribution in [3.8, 4) is 0 Å². The van der Waals surface area contributed by atoms with Crippen molar-refractivity contribution in [3.63, 3.8) is 0 Å². The van der Waals surface area contributed by atoms with Crippen LogP contribution >= 0.6 is 15.9 Å². The molecule has 3 fully saturated rings. The summed E-state index contributed by atoms with van der Waals surface area (Å²) in [6.45, 7) is -0.111. The molecule has 1 saturated carbocycles. The van der Waals surface area contributed by atoms with E-state index >= 15 is 0 Å².